The molecule has 2 aromatic rings. The summed E-state index contributed by atoms with van der Waals surface area (Å²) in [6.45, 7) is 4.74. The number of nitro groups is 1. The van der Waals surface area contributed by atoms with Crippen molar-refractivity contribution in [1.82, 2.24) is 4.98 Å². The van der Waals surface area contributed by atoms with E-state index in [-0.39, 0.29) is 16.1 Å². The van der Waals surface area contributed by atoms with E-state index in [2.05, 4.69) is 24.1 Å². The van der Waals surface area contributed by atoms with Crippen molar-refractivity contribution < 1.29 is 4.92 Å². The lowest BCUT2D eigenvalue weighted by molar-refractivity contribution is -0.383. The molecule has 21 heavy (non-hydrogen) atoms. The number of anilines is 1. The van der Waals surface area contributed by atoms with Gasteiger partial charge in [-0.3, -0.25) is 15.1 Å². The molecule has 0 saturated heterocycles. The van der Waals surface area contributed by atoms with Crippen LogP contribution in [-0.4, -0.2) is 22.0 Å². The highest BCUT2D eigenvalue weighted by molar-refractivity contribution is 5.99. The van der Waals surface area contributed by atoms with E-state index in [0.29, 0.717) is 11.9 Å². The van der Waals surface area contributed by atoms with Crippen LogP contribution in [0, 0.1) is 10.1 Å². The molecule has 0 aliphatic rings. The molecule has 0 amide bonds. The maximum atomic E-state index is 11.1. The standard InChI is InChI=1S/C15H20N4O2/c1-3-15(16,4-2)10-18-13-5-6-14(19(20)21)12-9-17-8-7-11(12)13/h5-9,18H,3-4,10,16H2,1-2H3. The number of hydrogen-bond acceptors (Lipinski definition) is 5. The van der Waals surface area contributed by atoms with E-state index in [9.17, 15) is 10.1 Å². The maximum Gasteiger partial charge on any atom is 0.278 e. The second-order valence-corrected chi connectivity index (χ2v) is 5.23. The quantitative estimate of drug-likeness (QED) is 0.629. The maximum absolute atomic E-state index is 11.1. The largest absolute Gasteiger partial charge is 0.383 e. The Kier molecular flexibility index (Phi) is 4.37. The van der Waals surface area contributed by atoms with Gasteiger partial charge in [0.2, 0.25) is 0 Å². The third-order valence-corrected chi connectivity index (χ3v) is 4.03. The lowest BCUT2D eigenvalue weighted by atomic mass is 9.94. The fraction of sp³-hybridized carbons (Fsp3) is 0.400. The van der Waals surface area contributed by atoms with Crippen LogP contribution >= 0.6 is 0 Å². The second-order valence-electron chi connectivity index (χ2n) is 5.23. The lowest BCUT2D eigenvalue weighted by Gasteiger charge is -2.27. The normalized spacial score (nSPS) is 11.6. The van der Waals surface area contributed by atoms with Gasteiger partial charge in [-0.2, -0.15) is 0 Å². The Morgan fingerprint density at radius 2 is 2.00 bits per heavy atom. The van der Waals surface area contributed by atoms with Crippen LogP contribution in [0.1, 0.15) is 26.7 Å². The molecule has 0 aliphatic carbocycles. The average Bonchev–Trinajstić information content (AvgIpc) is 2.52. The van der Waals surface area contributed by atoms with Crippen LogP contribution in [0.5, 0.6) is 0 Å². The van der Waals surface area contributed by atoms with E-state index in [1.54, 1.807) is 18.3 Å². The van der Waals surface area contributed by atoms with Crippen LogP contribution in [-0.2, 0) is 0 Å². The number of nitrogens with one attached hydrogen (secondary N) is 1. The molecule has 3 N–H and O–H groups in total. The summed E-state index contributed by atoms with van der Waals surface area (Å²) in [6, 6.07) is 5.01. The first-order valence-electron chi connectivity index (χ1n) is 7.04. The van der Waals surface area contributed by atoms with E-state index in [4.69, 9.17) is 5.73 Å². The highest BCUT2D eigenvalue weighted by Crippen LogP contribution is 2.31. The van der Waals surface area contributed by atoms with E-state index in [0.717, 1.165) is 23.9 Å². The van der Waals surface area contributed by atoms with Gasteiger partial charge in [-0.15, -0.1) is 0 Å². The third kappa shape index (κ3) is 3.11. The van der Waals surface area contributed by atoms with Crippen LogP contribution < -0.4 is 11.1 Å². The van der Waals surface area contributed by atoms with Crippen LogP contribution in [0.4, 0.5) is 11.4 Å². The zero-order chi connectivity index (χ0) is 15.5. The molecule has 0 spiro atoms. The number of nitrogens with two attached hydrogens (primary N) is 1. The Balaban J connectivity index is 2.38. The van der Waals surface area contributed by atoms with Gasteiger partial charge in [-0.25, -0.2) is 0 Å². The summed E-state index contributed by atoms with van der Waals surface area (Å²) in [4.78, 5) is 14.7. The fourth-order valence-corrected chi connectivity index (χ4v) is 2.26. The van der Waals surface area contributed by atoms with Gasteiger partial charge in [0.1, 0.15) is 0 Å². The van der Waals surface area contributed by atoms with E-state index >= 15 is 0 Å². The number of aromatic nitrogens is 1. The summed E-state index contributed by atoms with van der Waals surface area (Å²) >= 11 is 0. The molecule has 112 valence electrons. The Morgan fingerprint density at radius 1 is 1.29 bits per heavy atom. The molecule has 0 aliphatic heterocycles. The zero-order valence-electron chi connectivity index (χ0n) is 12.3. The minimum absolute atomic E-state index is 0.0636. The molecule has 2 rings (SSSR count). The average molecular weight is 288 g/mol. The Labute approximate surface area is 123 Å². The molecule has 0 fully saturated rings. The smallest absolute Gasteiger partial charge is 0.278 e. The van der Waals surface area contributed by atoms with E-state index in [1.165, 1.54) is 12.3 Å². The number of rotatable bonds is 6. The molecule has 0 saturated carbocycles. The molecule has 0 atom stereocenters. The molecule has 1 aromatic heterocycles. The van der Waals surface area contributed by atoms with Gasteiger partial charge in [0.25, 0.3) is 5.69 Å². The number of nitro benzene ring substituents is 1. The van der Waals surface area contributed by atoms with Crippen molar-refractivity contribution in [3.8, 4) is 0 Å². The first-order chi connectivity index (χ1) is 10.0. The van der Waals surface area contributed by atoms with Crippen LogP contribution in [0.15, 0.2) is 30.6 Å². The Hall–Kier alpha value is -2.21. The Bertz CT molecular complexity index is 653. The van der Waals surface area contributed by atoms with Crippen LogP contribution in [0.2, 0.25) is 0 Å². The number of fused-ring (bicyclic) bond motifs is 1. The highest BCUT2D eigenvalue weighted by Gasteiger charge is 2.21. The summed E-state index contributed by atoms with van der Waals surface area (Å²) in [6.07, 6.45) is 4.88. The van der Waals surface area contributed by atoms with Gasteiger partial charge in [0, 0.05) is 41.6 Å². The summed E-state index contributed by atoms with van der Waals surface area (Å²) in [5.74, 6) is 0. The van der Waals surface area contributed by atoms with E-state index < -0.39 is 0 Å². The third-order valence-electron chi connectivity index (χ3n) is 4.03. The minimum Gasteiger partial charge on any atom is -0.383 e. The summed E-state index contributed by atoms with van der Waals surface area (Å²) < 4.78 is 0. The SMILES string of the molecule is CCC(N)(CC)CNc1ccc([N+](=O)[O-])c2cnccc12. The minimum atomic E-state index is -0.390. The monoisotopic (exact) mass is 288 g/mol. The number of hydrogen-bond donors (Lipinski definition) is 2. The van der Waals surface area contributed by atoms with Crippen molar-refractivity contribution in [2.24, 2.45) is 5.73 Å². The van der Waals surface area contributed by atoms with Gasteiger partial charge in [0.15, 0.2) is 0 Å². The number of benzene rings is 1. The lowest BCUT2D eigenvalue weighted by Crippen LogP contribution is -2.45. The topological polar surface area (TPSA) is 94.1 Å². The van der Waals surface area contributed by atoms with Crippen molar-refractivity contribution in [2.45, 2.75) is 32.2 Å². The van der Waals surface area contributed by atoms with Crippen molar-refractivity contribution in [1.29, 1.82) is 0 Å². The molecule has 0 radical (unpaired) electrons. The molecule has 1 heterocycles. The number of pyridine rings is 1. The van der Waals surface area contributed by atoms with Crippen molar-refractivity contribution in [3.05, 3.63) is 40.7 Å². The van der Waals surface area contributed by atoms with Crippen LogP contribution in [0.25, 0.3) is 10.8 Å². The molecule has 0 unspecified atom stereocenters. The van der Waals surface area contributed by atoms with Gasteiger partial charge >= 0.3 is 0 Å². The van der Waals surface area contributed by atoms with Gasteiger partial charge in [-0.05, 0) is 25.0 Å². The zero-order valence-corrected chi connectivity index (χ0v) is 12.3. The first kappa shape index (κ1) is 15.2. The molecular weight excluding hydrogens is 268 g/mol. The first-order valence-corrected chi connectivity index (χ1v) is 7.04. The van der Waals surface area contributed by atoms with Crippen molar-refractivity contribution in [3.63, 3.8) is 0 Å². The second kappa shape index (κ2) is 6.05. The van der Waals surface area contributed by atoms with E-state index in [1.807, 2.05) is 0 Å². The summed E-state index contributed by atoms with van der Waals surface area (Å²) in [5.41, 5.74) is 6.91. The Morgan fingerprint density at radius 3 is 2.62 bits per heavy atom. The van der Waals surface area contributed by atoms with Crippen LogP contribution in [0.3, 0.4) is 0 Å². The van der Waals surface area contributed by atoms with Gasteiger partial charge in [0.05, 0.1) is 10.3 Å². The van der Waals surface area contributed by atoms with Crippen molar-refractivity contribution >= 4 is 22.1 Å². The predicted molar refractivity (Wildman–Crippen MR) is 84.4 cm³/mol. The fourth-order valence-electron chi connectivity index (χ4n) is 2.26. The molecule has 1 aromatic carbocycles. The predicted octanol–water partition coefficient (Wildman–Crippen LogP) is 3.07. The van der Waals surface area contributed by atoms with Crippen molar-refractivity contribution in [2.75, 3.05) is 11.9 Å². The van der Waals surface area contributed by atoms with Gasteiger partial charge < -0.3 is 11.1 Å². The summed E-state index contributed by atoms with van der Waals surface area (Å²) in [7, 11) is 0. The highest BCUT2D eigenvalue weighted by atomic mass is 16.6. The number of nitrogens with zero attached hydrogens (tertiary/aromatic N) is 2. The number of non-ortho nitro benzene ring substituents is 1. The molecule has 6 nitrogen and oxygen atoms in total. The molecular formula is C15H20N4O2. The molecule has 6 heteroatoms. The summed E-state index contributed by atoms with van der Waals surface area (Å²) in [5, 5.41) is 15.7. The van der Waals surface area contributed by atoms with Gasteiger partial charge in [-0.1, -0.05) is 13.8 Å². The molecule has 0 bridgehead atoms.